The van der Waals surface area contributed by atoms with E-state index in [0.717, 1.165) is 43.6 Å². The molecule has 202 valence electrons. The number of carbonyl (C=O) groups excluding carboxylic acids is 2. The number of rotatable bonds is 15. The first-order chi connectivity index (χ1) is 17.7. The predicted octanol–water partition coefficient (Wildman–Crippen LogP) is 5.70. The molecule has 0 amide bonds. The molecule has 2 aromatic rings. The molecule has 0 radical (unpaired) electrons. The number of unbranched alkanes of at least 4 members (excludes halogenated alkanes) is 1. The third-order valence-corrected chi connectivity index (χ3v) is 6.60. The highest BCUT2D eigenvalue weighted by atomic mass is 16.6. The Morgan fingerprint density at radius 1 is 0.865 bits per heavy atom. The van der Waals surface area contributed by atoms with Crippen molar-refractivity contribution in [1.29, 1.82) is 0 Å². The minimum Gasteiger partial charge on any atom is -0.490 e. The molecular weight excluding hydrogens is 472 g/mol. The van der Waals surface area contributed by atoms with Crippen LogP contribution in [-0.4, -0.2) is 58.2 Å². The Morgan fingerprint density at radius 2 is 1.49 bits per heavy atom. The van der Waals surface area contributed by atoms with Crippen LogP contribution >= 0.6 is 0 Å². The van der Waals surface area contributed by atoms with Crippen molar-refractivity contribution in [2.45, 2.75) is 47.0 Å². The summed E-state index contributed by atoms with van der Waals surface area (Å²) in [7, 11) is 0. The van der Waals surface area contributed by atoms with Crippen LogP contribution in [0.4, 0.5) is 0 Å². The van der Waals surface area contributed by atoms with Gasteiger partial charge in [0.05, 0.1) is 37.4 Å². The molecule has 0 unspecified atom stereocenters. The summed E-state index contributed by atoms with van der Waals surface area (Å²) in [5.74, 6) is 0.167. The van der Waals surface area contributed by atoms with Gasteiger partial charge in [-0.15, -0.1) is 0 Å². The molecule has 0 bridgehead atoms. The molecule has 0 aliphatic carbocycles. The molecule has 2 aromatic carbocycles. The van der Waals surface area contributed by atoms with E-state index in [2.05, 4.69) is 6.92 Å². The number of benzene rings is 2. The molecule has 1 heterocycles. The van der Waals surface area contributed by atoms with Crippen molar-refractivity contribution in [2.24, 2.45) is 10.8 Å². The smallest absolute Gasteiger partial charge is 0.338 e. The zero-order chi connectivity index (χ0) is 26.7. The van der Waals surface area contributed by atoms with Crippen LogP contribution in [0.1, 0.15) is 57.3 Å². The molecule has 0 spiro atoms. The van der Waals surface area contributed by atoms with Crippen LogP contribution in [0.15, 0.2) is 48.5 Å². The van der Waals surface area contributed by atoms with Gasteiger partial charge in [0.2, 0.25) is 0 Å². The maximum absolute atomic E-state index is 12.3. The maximum Gasteiger partial charge on any atom is 0.338 e. The standard InChI is InChI=1S/C30H40O7/c1-5-29(2,3)28(32)37-19-18-35-26-14-12-24(13-15-26)23-8-10-25(11-9-23)27(31)36-17-7-6-16-33-20-30(4)21-34-22-30/h8-15H,5-7,16-22H2,1-4H3. The Labute approximate surface area is 220 Å². The minimum absolute atomic E-state index is 0.165. The van der Waals surface area contributed by atoms with Crippen LogP contribution < -0.4 is 4.74 Å². The lowest BCUT2D eigenvalue weighted by atomic mass is 9.90. The van der Waals surface area contributed by atoms with Gasteiger partial charge in [-0.25, -0.2) is 4.79 Å². The van der Waals surface area contributed by atoms with Crippen LogP contribution in [0, 0.1) is 10.8 Å². The Hall–Kier alpha value is -2.90. The van der Waals surface area contributed by atoms with Gasteiger partial charge in [-0.1, -0.05) is 38.1 Å². The molecule has 1 saturated heterocycles. The molecule has 37 heavy (non-hydrogen) atoms. The van der Waals surface area contributed by atoms with Crippen molar-refractivity contribution in [3.63, 3.8) is 0 Å². The fourth-order valence-electron chi connectivity index (χ4n) is 3.58. The van der Waals surface area contributed by atoms with Crippen LogP contribution in [0.3, 0.4) is 0 Å². The highest BCUT2D eigenvalue weighted by molar-refractivity contribution is 5.90. The normalized spacial score (nSPS) is 14.5. The molecule has 0 atom stereocenters. The van der Waals surface area contributed by atoms with E-state index in [4.69, 9.17) is 23.7 Å². The molecule has 7 heteroatoms. The van der Waals surface area contributed by atoms with Crippen molar-refractivity contribution in [1.82, 2.24) is 0 Å². The van der Waals surface area contributed by atoms with Gasteiger partial charge in [-0.05, 0) is 68.5 Å². The molecule has 0 N–H and O–H groups in total. The first kappa shape index (κ1) is 28.7. The van der Waals surface area contributed by atoms with E-state index in [1.807, 2.05) is 57.2 Å². The number of esters is 2. The van der Waals surface area contributed by atoms with E-state index in [1.54, 1.807) is 12.1 Å². The summed E-state index contributed by atoms with van der Waals surface area (Å²) in [5, 5.41) is 0. The average molecular weight is 513 g/mol. The second-order valence-electron chi connectivity index (χ2n) is 10.5. The highest BCUT2D eigenvalue weighted by Crippen LogP contribution is 2.27. The van der Waals surface area contributed by atoms with E-state index >= 15 is 0 Å². The molecule has 3 rings (SSSR count). The fourth-order valence-corrected chi connectivity index (χ4v) is 3.58. The zero-order valence-corrected chi connectivity index (χ0v) is 22.5. The third-order valence-electron chi connectivity index (χ3n) is 6.60. The van der Waals surface area contributed by atoms with Gasteiger partial charge >= 0.3 is 11.9 Å². The minimum atomic E-state index is -0.479. The van der Waals surface area contributed by atoms with Crippen molar-refractivity contribution < 1.29 is 33.3 Å². The van der Waals surface area contributed by atoms with Gasteiger partial charge in [0.1, 0.15) is 19.0 Å². The predicted molar refractivity (Wildman–Crippen MR) is 142 cm³/mol. The molecule has 0 aromatic heterocycles. The Balaban J connectivity index is 1.34. The topological polar surface area (TPSA) is 80.3 Å². The lowest BCUT2D eigenvalue weighted by Crippen LogP contribution is -2.43. The lowest BCUT2D eigenvalue weighted by molar-refractivity contribution is -0.154. The van der Waals surface area contributed by atoms with E-state index in [1.165, 1.54) is 0 Å². The zero-order valence-electron chi connectivity index (χ0n) is 22.5. The number of ether oxygens (including phenoxy) is 5. The van der Waals surface area contributed by atoms with Crippen molar-refractivity contribution in [3.8, 4) is 16.9 Å². The quantitative estimate of drug-likeness (QED) is 0.224. The molecule has 0 saturated carbocycles. The highest BCUT2D eigenvalue weighted by Gasteiger charge is 2.33. The first-order valence-corrected chi connectivity index (χ1v) is 13.1. The summed E-state index contributed by atoms with van der Waals surface area (Å²) in [6.07, 6.45) is 2.35. The second kappa shape index (κ2) is 13.6. The van der Waals surface area contributed by atoms with E-state index in [-0.39, 0.29) is 24.0 Å². The largest absolute Gasteiger partial charge is 0.490 e. The summed E-state index contributed by atoms with van der Waals surface area (Å²) in [5.41, 5.74) is 2.21. The molecule has 1 aliphatic heterocycles. The van der Waals surface area contributed by atoms with Crippen LogP contribution in [0.2, 0.25) is 0 Å². The second-order valence-corrected chi connectivity index (χ2v) is 10.5. The third kappa shape index (κ3) is 8.86. The van der Waals surface area contributed by atoms with Crippen LogP contribution in [0.25, 0.3) is 11.1 Å². The SMILES string of the molecule is CCC(C)(C)C(=O)OCCOc1ccc(-c2ccc(C(=O)OCCCCOCC3(C)COC3)cc2)cc1. The van der Waals surface area contributed by atoms with Crippen LogP contribution in [0.5, 0.6) is 5.75 Å². The van der Waals surface area contributed by atoms with Crippen molar-refractivity contribution >= 4 is 11.9 Å². The van der Waals surface area contributed by atoms with Crippen LogP contribution in [-0.2, 0) is 23.7 Å². The summed E-state index contributed by atoms with van der Waals surface area (Å²) in [6, 6.07) is 15.0. The average Bonchev–Trinajstić information content (AvgIpc) is 2.89. The molecular formula is C30H40O7. The van der Waals surface area contributed by atoms with E-state index in [9.17, 15) is 9.59 Å². The molecule has 1 aliphatic rings. The fraction of sp³-hybridized carbons (Fsp3) is 0.533. The summed E-state index contributed by atoms with van der Waals surface area (Å²) < 4.78 is 27.3. The van der Waals surface area contributed by atoms with Gasteiger partial charge < -0.3 is 23.7 Å². The van der Waals surface area contributed by atoms with Gasteiger partial charge in [0.25, 0.3) is 0 Å². The number of hydrogen-bond acceptors (Lipinski definition) is 7. The summed E-state index contributed by atoms with van der Waals surface area (Å²) >= 11 is 0. The van der Waals surface area contributed by atoms with E-state index in [0.29, 0.717) is 37.7 Å². The number of carbonyl (C=O) groups is 2. The molecule has 7 nitrogen and oxygen atoms in total. The summed E-state index contributed by atoms with van der Waals surface area (Å²) in [6.45, 7) is 11.7. The van der Waals surface area contributed by atoms with E-state index < -0.39 is 5.41 Å². The maximum atomic E-state index is 12.3. The Morgan fingerprint density at radius 3 is 2.08 bits per heavy atom. The van der Waals surface area contributed by atoms with Gasteiger partial charge in [-0.2, -0.15) is 0 Å². The van der Waals surface area contributed by atoms with Gasteiger partial charge in [-0.3, -0.25) is 4.79 Å². The molecule has 1 fully saturated rings. The lowest BCUT2D eigenvalue weighted by Gasteiger charge is -2.37. The summed E-state index contributed by atoms with van der Waals surface area (Å²) in [4.78, 5) is 24.3. The van der Waals surface area contributed by atoms with Gasteiger partial charge in [0.15, 0.2) is 0 Å². The monoisotopic (exact) mass is 512 g/mol. The van der Waals surface area contributed by atoms with Crippen molar-refractivity contribution in [3.05, 3.63) is 54.1 Å². The first-order valence-electron chi connectivity index (χ1n) is 13.1. The number of hydrogen-bond donors (Lipinski definition) is 0. The van der Waals surface area contributed by atoms with Gasteiger partial charge in [0, 0.05) is 12.0 Å². The van der Waals surface area contributed by atoms with Crippen molar-refractivity contribution in [2.75, 3.05) is 46.2 Å². The Kier molecular flexibility index (Phi) is 10.5. The Bertz CT molecular complexity index is 992.